The summed E-state index contributed by atoms with van der Waals surface area (Å²) in [7, 11) is 2.05. The third kappa shape index (κ3) is 4.28. The van der Waals surface area contributed by atoms with Crippen molar-refractivity contribution in [1.29, 1.82) is 0 Å². The Hall–Kier alpha value is -0.610. The number of likely N-dealkylation sites (N-methyl/N-ethyl adjacent to an activating group) is 1. The van der Waals surface area contributed by atoms with Gasteiger partial charge in [-0.15, -0.1) is 0 Å². The second kappa shape index (κ2) is 6.97. The summed E-state index contributed by atoms with van der Waals surface area (Å²) in [4.78, 5) is 16.3. The molecule has 4 nitrogen and oxygen atoms in total. The van der Waals surface area contributed by atoms with Crippen molar-refractivity contribution < 1.29 is 4.79 Å². The van der Waals surface area contributed by atoms with Crippen molar-refractivity contribution >= 4 is 5.91 Å². The lowest BCUT2D eigenvalue weighted by Gasteiger charge is -2.33. The van der Waals surface area contributed by atoms with Gasteiger partial charge in [-0.3, -0.25) is 9.69 Å². The van der Waals surface area contributed by atoms with Gasteiger partial charge in [-0.25, -0.2) is 0 Å². The maximum atomic E-state index is 12.1. The number of nitrogens with two attached hydrogens (primary N) is 1. The second-order valence-corrected chi connectivity index (χ2v) is 5.29. The van der Waals surface area contributed by atoms with Crippen LogP contribution in [0.15, 0.2) is 0 Å². The van der Waals surface area contributed by atoms with E-state index in [1.807, 2.05) is 11.9 Å². The van der Waals surface area contributed by atoms with Gasteiger partial charge < -0.3 is 10.6 Å². The van der Waals surface area contributed by atoms with Crippen LogP contribution in [0, 0.1) is 0 Å². The lowest BCUT2D eigenvalue weighted by molar-refractivity contribution is -0.133. The molecule has 1 heterocycles. The van der Waals surface area contributed by atoms with Crippen LogP contribution in [0.4, 0.5) is 0 Å². The zero-order valence-corrected chi connectivity index (χ0v) is 11.5. The van der Waals surface area contributed by atoms with Crippen molar-refractivity contribution in [2.24, 2.45) is 5.73 Å². The van der Waals surface area contributed by atoms with Gasteiger partial charge >= 0.3 is 0 Å². The van der Waals surface area contributed by atoms with Gasteiger partial charge in [0.1, 0.15) is 0 Å². The molecule has 0 aliphatic carbocycles. The van der Waals surface area contributed by atoms with Crippen molar-refractivity contribution in [3.05, 3.63) is 0 Å². The summed E-state index contributed by atoms with van der Waals surface area (Å²) in [5.41, 5.74) is 5.78. The highest BCUT2D eigenvalue weighted by Crippen LogP contribution is 2.13. The summed E-state index contributed by atoms with van der Waals surface area (Å²) in [6, 6.07) is 0.599. The third-order valence-corrected chi connectivity index (χ3v) is 3.78. The van der Waals surface area contributed by atoms with E-state index in [2.05, 4.69) is 18.7 Å². The molecule has 1 amide bonds. The Morgan fingerprint density at radius 1 is 1.29 bits per heavy atom. The third-order valence-electron chi connectivity index (χ3n) is 3.78. The molecule has 0 aromatic carbocycles. The SMILES string of the molecule is CC(C)N(C)C(CN)CC(=O)N1CCCCC1. The smallest absolute Gasteiger partial charge is 0.224 e. The quantitative estimate of drug-likeness (QED) is 0.783. The minimum Gasteiger partial charge on any atom is -0.343 e. The molecule has 0 bridgehead atoms. The van der Waals surface area contributed by atoms with Crippen LogP contribution in [0.2, 0.25) is 0 Å². The predicted molar refractivity (Wildman–Crippen MR) is 70.8 cm³/mol. The molecule has 1 aliphatic heterocycles. The zero-order chi connectivity index (χ0) is 12.8. The monoisotopic (exact) mass is 241 g/mol. The zero-order valence-electron chi connectivity index (χ0n) is 11.5. The van der Waals surface area contributed by atoms with Crippen LogP contribution in [0.1, 0.15) is 39.5 Å². The summed E-state index contributed by atoms with van der Waals surface area (Å²) < 4.78 is 0. The molecule has 100 valence electrons. The van der Waals surface area contributed by atoms with Crippen LogP contribution >= 0.6 is 0 Å². The molecule has 1 fully saturated rings. The number of amides is 1. The fourth-order valence-corrected chi connectivity index (χ4v) is 2.29. The molecule has 0 aromatic rings. The molecule has 2 N–H and O–H groups in total. The highest BCUT2D eigenvalue weighted by Gasteiger charge is 2.23. The molecule has 4 heteroatoms. The first-order chi connectivity index (χ1) is 8.06. The minimum atomic E-state index is 0.171. The fraction of sp³-hybridized carbons (Fsp3) is 0.923. The van der Waals surface area contributed by atoms with Gasteiger partial charge in [-0.1, -0.05) is 0 Å². The second-order valence-electron chi connectivity index (χ2n) is 5.29. The number of nitrogens with zero attached hydrogens (tertiary/aromatic N) is 2. The van der Waals surface area contributed by atoms with Crippen molar-refractivity contribution in [2.75, 3.05) is 26.7 Å². The van der Waals surface area contributed by atoms with E-state index in [0.29, 0.717) is 19.0 Å². The van der Waals surface area contributed by atoms with Crippen LogP contribution in [0.3, 0.4) is 0 Å². The van der Waals surface area contributed by atoms with E-state index in [1.165, 1.54) is 6.42 Å². The van der Waals surface area contributed by atoms with E-state index >= 15 is 0 Å². The Labute approximate surface area is 105 Å². The van der Waals surface area contributed by atoms with Gasteiger partial charge in [0, 0.05) is 38.1 Å². The standard InChI is InChI=1S/C13H27N3O/c1-11(2)15(3)12(10-14)9-13(17)16-7-5-4-6-8-16/h11-12H,4-10,14H2,1-3H3. The van der Waals surface area contributed by atoms with Gasteiger partial charge in [0.15, 0.2) is 0 Å². The normalized spacial score (nSPS) is 18.8. The number of carbonyl (C=O) groups excluding carboxylic acids is 1. The van der Waals surface area contributed by atoms with Gasteiger partial charge in [0.2, 0.25) is 5.91 Å². The van der Waals surface area contributed by atoms with Crippen LogP contribution in [0.5, 0.6) is 0 Å². The Bertz CT molecular complexity index is 237. The summed E-state index contributed by atoms with van der Waals surface area (Å²) in [6.45, 7) is 6.68. The number of carbonyl (C=O) groups is 1. The highest BCUT2D eigenvalue weighted by molar-refractivity contribution is 5.76. The molecular weight excluding hydrogens is 214 g/mol. The molecule has 17 heavy (non-hydrogen) atoms. The maximum Gasteiger partial charge on any atom is 0.224 e. The summed E-state index contributed by atoms with van der Waals surface area (Å²) in [6.07, 6.45) is 4.12. The van der Waals surface area contributed by atoms with Gasteiger partial charge in [0.25, 0.3) is 0 Å². The van der Waals surface area contributed by atoms with Crippen molar-refractivity contribution in [1.82, 2.24) is 9.80 Å². The van der Waals surface area contributed by atoms with Crippen molar-refractivity contribution in [2.45, 2.75) is 51.6 Å². The topological polar surface area (TPSA) is 49.6 Å². The van der Waals surface area contributed by atoms with Gasteiger partial charge in [-0.05, 0) is 40.2 Å². The van der Waals surface area contributed by atoms with Gasteiger partial charge in [-0.2, -0.15) is 0 Å². The summed E-state index contributed by atoms with van der Waals surface area (Å²) >= 11 is 0. The molecule has 1 aliphatic rings. The van der Waals surface area contributed by atoms with Crippen LogP contribution < -0.4 is 5.73 Å². The first-order valence-electron chi connectivity index (χ1n) is 6.76. The Morgan fingerprint density at radius 2 is 1.88 bits per heavy atom. The van der Waals surface area contributed by atoms with Crippen LogP contribution in [-0.2, 0) is 4.79 Å². The van der Waals surface area contributed by atoms with E-state index in [9.17, 15) is 4.79 Å². The molecule has 1 atom stereocenters. The van der Waals surface area contributed by atoms with E-state index in [4.69, 9.17) is 5.73 Å². The maximum absolute atomic E-state index is 12.1. The molecule has 0 radical (unpaired) electrons. The Balaban J connectivity index is 2.46. The van der Waals surface area contributed by atoms with Crippen molar-refractivity contribution in [3.8, 4) is 0 Å². The number of likely N-dealkylation sites (tertiary alicyclic amines) is 1. The number of hydrogen-bond acceptors (Lipinski definition) is 3. The fourth-order valence-electron chi connectivity index (χ4n) is 2.29. The van der Waals surface area contributed by atoms with Crippen LogP contribution in [-0.4, -0.2) is 54.5 Å². The first-order valence-corrected chi connectivity index (χ1v) is 6.76. The van der Waals surface area contributed by atoms with Crippen LogP contribution in [0.25, 0.3) is 0 Å². The number of rotatable bonds is 5. The lowest BCUT2D eigenvalue weighted by atomic mass is 10.1. The Kier molecular flexibility index (Phi) is 5.92. The van der Waals surface area contributed by atoms with E-state index in [-0.39, 0.29) is 11.9 Å². The van der Waals surface area contributed by atoms with E-state index < -0.39 is 0 Å². The minimum absolute atomic E-state index is 0.171. The molecule has 1 rings (SSSR count). The lowest BCUT2D eigenvalue weighted by Crippen LogP contribution is -2.46. The average Bonchev–Trinajstić information content (AvgIpc) is 2.35. The number of piperidine rings is 1. The summed E-state index contributed by atoms with van der Waals surface area (Å²) in [5.74, 6) is 0.271. The Morgan fingerprint density at radius 3 is 2.35 bits per heavy atom. The largest absolute Gasteiger partial charge is 0.343 e. The molecule has 0 saturated carbocycles. The van der Waals surface area contributed by atoms with Crippen molar-refractivity contribution in [3.63, 3.8) is 0 Å². The van der Waals surface area contributed by atoms with E-state index in [1.54, 1.807) is 0 Å². The van der Waals surface area contributed by atoms with E-state index in [0.717, 1.165) is 25.9 Å². The predicted octanol–water partition coefficient (Wildman–Crippen LogP) is 1.06. The summed E-state index contributed by atoms with van der Waals surface area (Å²) in [5, 5.41) is 0. The first kappa shape index (κ1) is 14.5. The molecule has 0 aromatic heterocycles. The van der Waals surface area contributed by atoms with Gasteiger partial charge in [0.05, 0.1) is 0 Å². The average molecular weight is 241 g/mol. The molecular formula is C13H27N3O. The highest BCUT2D eigenvalue weighted by atomic mass is 16.2. The molecule has 0 spiro atoms. The molecule has 1 unspecified atom stereocenters. The molecule has 1 saturated heterocycles. The number of hydrogen-bond donors (Lipinski definition) is 1.